The first-order valence-electron chi connectivity index (χ1n) is 9.55. The first kappa shape index (κ1) is 19.2. The van der Waals surface area contributed by atoms with Crippen molar-refractivity contribution in [1.29, 1.82) is 0 Å². The van der Waals surface area contributed by atoms with Gasteiger partial charge in [-0.05, 0) is 50.6 Å². The summed E-state index contributed by atoms with van der Waals surface area (Å²) in [6, 6.07) is 10.5. The summed E-state index contributed by atoms with van der Waals surface area (Å²) >= 11 is 0. The Morgan fingerprint density at radius 3 is 2.66 bits per heavy atom. The van der Waals surface area contributed by atoms with Crippen LogP contribution in [-0.2, 0) is 4.74 Å². The fraction of sp³-hybridized carbons (Fsp3) is 0.364. The molecule has 0 saturated carbocycles. The molecule has 29 heavy (non-hydrogen) atoms. The van der Waals surface area contributed by atoms with Crippen LogP contribution in [0.1, 0.15) is 26.8 Å². The van der Waals surface area contributed by atoms with Gasteiger partial charge in [-0.25, -0.2) is 9.18 Å². The van der Waals surface area contributed by atoms with Gasteiger partial charge in [0.25, 0.3) is 0 Å². The van der Waals surface area contributed by atoms with Crippen LogP contribution >= 0.6 is 0 Å². The Morgan fingerprint density at radius 2 is 1.97 bits per heavy atom. The molecule has 2 aromatic carbocycles. The highest BCUT2D eigenvalue weighted by atomic mass is 19.1. The van der Waals surface area contributed by atoms with Gasteiger partial charge in [0.2, 0.25) is 0 Å². The molecule has 0 atom stereocenters. The highest BCUT2D eigenvalue weighted by Gasteiger charge is 2.35. The Labute approximate surface area is 168 Å². The third-order valence-electron chi connectivity index (χ3n) is 4.89. The molecule has 3 aromatic rings. The number of hydrogen-bond acceptors (Lipinski definition) is 4. The van der Waals surface area contributed by atoms with Crippen molar-refractivity contribution in [3.63, 3.8) is 0 Å². The van der Waals surface area contributed by atoms with E-state index in [2.05, 4.69) is 5.10 Å². The van der Waals surface area contributed by atoms with E-state index in [9.17, 15) is 9.18 Å². The number of aromatic nitrogens is 2. The van der Waals surface area contributed by atoms with E-state index in [0.29, 0.717) is 24.4 Å². The molecule has 4 rings (SSSR count). The normalized spacial score (nSPS) is 14.7. The summed E-state index contributed by atoms with van der Waals surface area (Å²) in [5.41, 5.74) is 1.48. The molecular weight excluding hydrogens is 373 g/mol. The van der Waals surface area contributed by atoms with Gasteiger partial charge in [0, 0.05) is 24.7 Å². The van der Waals surface area contributed by atoms with E-state index in [-0.39, 0.29) is 18.0 Å². The van der Waals surface area contributed by atoms with E-state index in [4.69, 9.17) is 9.47 Å². The Morgan fingerprint density at radius 1 is 1.21 bits per heavy atom. The van der Waals surface area contributed by atoms with Crippen molar-refractivity contribution in [2.24, 2.45) is 0 Å². The minimum Gasteiger partial charge on any atom is -0.496 e. The smallest absolute Gasteiger partial charge is 0.410 e. The van der Waals surface area contributed by atoms with Crippen molar-refractivity contribution in [3.8, 4) is 16.9 Å². The van der Waals surface area contributed by atoms with E-state index in [1.165, 1.54) is 13.2 Å². The lowest BCUT2D eigenvalue weighted by molar-refractivity contribution is -0.000294. The molecular formula is C22H24FN3O3. The van der Waals surface area contributed by atoms with Crippen molar-refractivity contribution in [2.45, 2.75) is 32.4 Å². The zero-order valence-corrected chi connectivity index (χ0v) is 17.0. The van der Waals surface area contributed by atoms with Crippen LogP contribution in [0, 0.1) is 5.82 Å². The summed E-state index contributed by atoms with van der Waals surface area (Å²) in [6.07, 6.45) is 1.63. The van der Waals surface area contributed by atoms with Gasteiger partial charge in [-0.15, -0.1) is 0 Å². The van der Waals surface area contributed by atoms with Crippen molar-refractivity contribution >= 4 is 17.0 Å². The van der Waals surface area contributed by atoms with Crippen molar-refractivity contribution in [2.75, 3.05) is 20.2 Å². The van der Waals surface area contributed by atoms with Gasteiger partial charge < -0.3 is 14.4 Å². The van der Waals surface area contributed by atoms with Crippen LogP contribution in [0.25, 0.3) is 22.0 Å². The summed E-state index contributed by atoms with van der Waals surface area (Å²) in [6.45, 7) is 6.66. The van der Waals surface area contributed by atoms with Crippen LogP contribution in [-0.4, -0.2) is 46.6 Å². The standard InChI is InChI=1S/C22H24FN3O3/c1-22(2,3)29-21(27)25-12-16(13-25)26-11-15-10-14(8-9-18(15)24-26)20-17(23)6-5-7-19(20)28-4/h5-11,16H,12-13H2,1-4H3. The number of nitrogens with zero attached hydrogens (tertiary/aromatic N) is 3. The molecule has 6 nitrogen and oxygen atoms in total. The van der Waals surface area contributed by atoms with Gasteiger partial charge in [-0.1, -0.05) is 12.1 Å². The molecule has 0 bridgehead atoms. The number of ether oxygens (including phenoxy) is 2. The monoisotopic (exact) mass is 397 g/mol. The van der Waals surface area contributed by atoms with Crippen LogP contribution < -0.4 is 4.74 Å². The summed E-state index contributed by atoms with van der Waals surface area (Å²) in [4.78, 5) is 13.8. The first-order chi connectivity index (χ1) is 13.7. The van der Waals surface area contributed by atoms with E-state index in [1.54, 1.807) is 17.0 Å². The summed E-state index contributed by atoms with van der Waals surface area (Å²) < 4.78 is 27.0. The first-order valence-corrected chi connectivity index (χ1v) is 9.55. The zero-order chi connectivity index (χ0) is 20.8. The fourth-order valence-corrected chi connectivity index (χ4v) is 3.44. The van der Waals surface area contributed by atoms with Crippen molar-refractivity contribution in [3.05, 3.63) is 48.4 Å². The molecule has 0 N–H and O–H groups in total. The Hall–Kier alpha value is -3.09. The van der Waals surface area contributed by atoms with Gasteiger partial charge in [0.05, 0.1) is 24.2 Å². The molecule has 0 spiro atoms. The fourth-order valence-electron chi connectivity index (χ4n) is 3.44. The number of fused-ring (bicyclic) bond motifs is 1. The van der Waals surface area contributed by atoms with Crippen LogP contribution in [0.15, 0.2) is 42.6 Å². The number of amides is 1. The van der Waals surface area contributed by atoms with Gasteiger partial charge in [0.15, 0.2) is 0 Å². The van der Waals surface area contributed by atoms with Crippen LogP contribution in [0.5, 0.6) is 5.75 Å². The summed E-state index contributed by atoms with van der Waals surface area (Å²) in [5.74, 6) is 0.159. The third kappa shape index (κ3) is 3.77. The van der Waals surface area contributed by atoms with Crippen molar-refractivity contribution in [1.82, 2.24) is 14.7 Å². The molecule has 1 saturated heterocycles. The molecule has 7 heteroatoms. The predicted octanol–water partition coefficient (Wildman–Crippen LogP) is 4.64. The van der Waals surface area contributed by atoms with Crippen LogP contribution in [0.3, 0.4) is 0 Å². The zero-order valence-electron chi connectivity index (χ0n) is 17.0. The molecule has 1 aromatic heterocycles. The second-order valence-electron chi connectivity index (χ2n) is 8.24. The summed E-state index contributed by atoms with van der Waals surface area (Å²) in [7, 11) is 1.53. The minimum absolute atomic E-state index is 0.0985. The Kier molecular flexibility index (Phi) is 4.68. The largest absolute Gasteiger partial charge is 0.496 e. The average Bonchev–Trinajstić information content (AvgIpc) is 3.01. The second-order valence-corrected chi connectivity index (χ2v) is 8.24. The third-order valence-corrected chi connectivity index (χ3v) is 4.89. The number of likely N-dealkylation sites (tertiary alicyclic amines) is 1. The highest BCUT2D eigenvalue weighted by Crippen LogP contribution is 2.34. The van der Waals surface area contributed by atoms with Gasteiger partial charge in [-0.3, -0.25) is 4.68 Å². The lowest BCUT2D eigenvalue weighted by atomic mass is 10.0. The van der Waals surface area contributed by atoms with Crippen LogP contribution in [0.4, 0.5) is 9.18 Å². The molecule has 0 aliphatic carbocycles. The number of methoxy groups -OCH3 is 1. The number of halogens is 1. The van der Waals surface area contributed by atoms with E-state index in [0.717, 1.165) is 16.5 Å². The lowest BCUT2D eigenvalue weighted by Crippen LogP contribution is -2.52. The molecule has 1 amide bonds. The van der Waals surface area contributed by atoms with Gasteiger partial charge in [0.1, 0.15) is 17.2 Å². The molecule has 1 fully saturated rings. The highest BCUT2D eigenvalue weighted by molar-refractivity contribution is 5.85. The number of carbonyl (C=O) groups is 1. The second kappa shape index (κ2) is 7.06. The van der Waals surface area contributed by atoms with E-state index in [1.807, 2.05) is 49.8 Å². The quantitative estimate of drug-likeness (QED) is 0.646. The van der Waals surface area contributed by atoms with Crippen LogP contribution in [0.2, 0.25) is 0 Å². The maximum absolute atomic E-state index is 14.4. The molecule has 1 aliphatic heterocycles. The van der Waals surface area contributed by atoms with Gasteiger partial charge >= 0.3 is 6.09 Å². The average molecular weight is 397 g/mol. The van der Waals surface area contributed by atoms with Crippen molar-refractivity contribution < 1.29 is 18.7 Å². The summed E-state index contributed by atoms with van der Waals surface area (Å²) in [5, 5.41) is 5.52. The van der Waals surface area contributed by atoms with Gasteiger partial charge in [-0.2, -0.15) is 5.10 Å². The Bertz CT molecular complexity index is 1060. The maximum atomic E-state index is 14.4. The maximum Gasteiger partial charge on any atom is 0.410 e. The molecule has 0 unspecified atom stereocenters. The number of rotatable bonds is 3. The molecule has 2 heterocycles. The number of hydrogen-bond donors (Lipinski definition) is 0. The predicted molar refractivity (Wildman–Crippen MR) is 109 cm³/mol. The topological polar surface area (TPSA) is 56.6 Å². The van der Waals surface area contributed by atoms with E-state index >= 15 is 0 Å². The molecule has 1 aliphatic rings. The molecule has 0 radical (unpaired) electrons. The Balaban J connectivity index is 1.54. The van der Waals surface area contributed by atoms with E-state index < -0.39 is 5.60 Å². The number of benzene rings is 2. The minimum atomic E-state index is -0.507. The number of carbonyl (C=O) groups excluding carboxylic acids is 1. The molecule has 152 valence electrons. The SMILES string of the molecule is COc1cccc(F)c1-c1ccc2nn(C3CN(C(=O)OC(C)(C)C)C3)cc2c1. The lowest BCUT2D eigenvalue weighted by Gasteiger charge is -2.39.